The standard InChI is InChI=1S/C24H22ClF3N6O/c25-34-19-12-6-5-11-18(19)16-33-20(15-30-35)31-32-23(33)22(34)21(17-9-3-1-2-4-10-17)29-14-8-7-13-24(26,27)28/h1,3-12,15,29,35H,2,13-14,16H2/b8-7+,22-21-,30-15?. The summed E-state index contributed by atoms with van der Waals surface area (Å²) >= 11 is 6.92. The summed E-state index contributed by atoms with van der Waals surface area (Å²) in [5.41, 5.74) is 3.35. The Kier molecular flexibility index (Phi) is 7.40. The minimum Gasteiger partial charge on any atom is -0.411 e. The molecule has 0 unspecified atom stereocenters. The van der Waals surface area contributed by atoms with Crippen LogP contribution in [0.4, 0.5) is 18.9 Å². The van der Waals surface area contributed by atoms with E-state index in [0.717, 1.165) is 23.6 Å². The van der Waals surface area contributed by atoms with Gasteiger partial charge in [0.2, 0.25) is 0 Å². The third-order valence-corrected chi connectivity index (χ3v) is 5.66. The second-order valence-electron chi connectivity index (χ2n) is 7.71. The highest BCUT2D eigenvalue weighted by Gasteiger charge is 2.30. The highest BCUT2D eigenvalue weighted by atomic mass is 35.5. The molecule has 4 rings (SSSR count). The summed E-state index contributed by atoms with van der Waals surface area (Å²) in [6, 6.07) is 7.51. The molecule has 35 heavy (non-hydrogen) atoms. The van der Waals surface area contributed by atoms with E-state index in [9.17, 15) is 13.2 Å². The van der Waals surface area contributed by atoms with Crippen molar-refractivity contribution in [3.8, 4) is 0 Å². The van der Waals surface area contributed by atoms with E-state index in [-0.39, 0.29) is 6.54 Å². The van der Waals surface area contributed by atoms with Crippen LogP contribution in [0.3, 0.4) is 0 Å². The Labute approximate surface area is 205 Å². The summed E-state index contributed by atoms with van der Waals surface area (Å²) in [6.45, 7) is 0.482. The van der Waals surface area contributed by atoms with Crippen LogP contribution in [0.25, 0.3) is 5.70 Å². The molecule has 1 aromatic heterocycles. The van der Waals surface area contributed by atoms with Crippen LogP contribution in [0.2, 0.25) is 0 Å². The predicted octanol–water partition coefficient (Wildman–Crippen LogP) is 5.32. The van der Waals surface area contributed by atoms with Gasteiger partial charge >= 0.3 is 6.18 Å². The number of nitrogens with zero attached hydrogens (tertiary/aromatic N) is 5. The van der Waals surface area contributed by atoms with Gasteiger partial charge in [0.05, 0.1) is 24.4 Å². The molecule has 0 bridgehead atoms. The summed E-state index contributed by atoms with van der Waals surface area (Å²) in [4.78, 5) is 0. The summed E-state index contributed by atoms with van der Waals surface area (Å²) in [5.74, 6) is 0.715. The van der Waals surface area contributed by atoms with Crippen LogP contribution in [0.5, 0.6) is 0 Å². The van der Waals surface area contributed by atoms with E-state index < -0.39 is 12.6 Å². The average molecular weight is 503 g/mol. The number of hydrogen-bond acceptors (Lipinski definition) is 6. The Hall–Kier alpha value is -3.79. The first-order valence-corrected chi connectivity index (χ1v) is 11.1. The van der Waals surface area contributed by atoms with E-state index in [1.165, 1.54) is 16.7 Å². The minimum absolute atomic E-state index is 0.120. The lowest BCUT2D eigenvalue weighted by atomic mass is 10.1. The molecule has 1 aromatic carbocycles. The van der Waals surface area contributed by atoms with Crippen molar-refractivity contribution < 1.29 is 18.4 Å². The molecule has 2 aromatic rings. The van der Waals surface area contributed by atoms with Crippen molar-refractivity contribution in [3.63, 3.8) is 0 Å². The predicted molar refractivity (Wildman–Crippen MR) is 129 cm³/mol. The fourth-order valence-corrected chi connectivity index (χ4v) is 4.07. The van der Waals surface area contributed by atoms with Crippen molar-refractivity contribution >= 4 is 29.4 Å². The zero-order valence-corrected chi connectivity index (χ0v) is 19.2. The Bertz CT molecular complexity index is 1260. The van der Waals surface area contributed by atoms with Crippen LogP contribution in [-0.2, 0) is 6.54 Å². The minimum atomic E-state index is -4.27. The van der Waals surface area contributed by atoms with Crippen molar-refractivity contribution in [2.24, 2.45) is 5.16 Å². The summed E-state index contributed by atoms with van der Waals surface area (Å²) in [6.07, 6.45) is 8.76. The molecule has 2 heterocycles. The fraction of sp³-hybridized carbons (Fsp3) is 0.208. The maximum Gasteiger partial charge on any atom is 0.392 e. The van der Waals surface area contributed by atoms with Gasteiger partial charge in [-0.3, -0.25) is 0 Å². The summed E-state index contributed by atoms with van der Waals surface area (Å²) in [5, 5.41) is 23.9. The lowest BCUT2D eigenvalue weighted by Gasteiger charge is -2.23. The van der Waals surface area contributed by atoms with Crippen molar-refractivity contribution in [1.29, 1.82) is 0 Å². The molecule has 0 radical (unpaired) electrons. The van der Waals surface area contributed by atoms with E-state index in [1.54, 1.807) is 4.57 Å². The number of halogens is 4. The molecule has 11 heteroatoms. The van der Waals surface area contributed by atoms with Crippen molar-refractivity contribution in [2.75, 3.05) is 11.0 Å². The van der Waals surface area contributed by atoms with E-state index in [0.29, 0.717) is 35.3 Å². The average Bonchev–Trinajstić information content (AvgIpc) is 2.99. The molecular weight excluding hydrogens is 481 g/mol. The maximum atomic E-state index is 12.6. The lowest BCUT2D eigenvalue weighted by molar-refractivity contribution is -0.125. The molecule has 0 saturated carbocycles. The zero-order valence-electron chi connectivity index (χ0n) is 18.5. The van der Waals surface area contributed by atoms with Gasteiger partial charge in [-0.25, -0.2) is 4.42 Å². The van der Waals surface area contributed by atoms with Gasteiger partial charge in [0.15, 0.2) is 11.6 Å². The van der Waals surface area contributed by atoms with Gasteiger partial charge in [0, 0.05) is 18.3 Å². The summed E-state index contributed by atoms with van der Waals surface area (Å²) < 4.78 is 40.9. The molecule has 0 saturated heterocycles. The molecule has 7 nitrogen and oxygen atoms in total. The first-order valence-electron chi connectivity index (χ1n) is 10.8. The van der Waals surface area contributed by atoms with Crippen molar-refractivity contribution in [1.82, 2.24) is 20.1 Å². The van der Waals surface area contributed by atoms with E-state index in [4.69, 9.17) is 17.0 Å². The number of nitrogens with one attached hydrogen (secondary N) is 1. The smallest absolute Gasteiger partial charge is 0.392 e. The number of alkyl halides is 3. The van der Waals surface area contributed by atoms with Gasteiger partial charge in [-0.2, -0.15) is 13.2 Å². The molecule has 1 aliphatic carbocycles. The number of aromatic nitrogens is 3. The number of rotatable bonds is 6. The maximum absolute atomic E-state index is 12.6. The first kappa shape index (κ1) is 24.3. The molecule has 182 valence electrons. The molecule has 0 amide bonds. The highest BCUT2D eigenvalue weighted by molar-refractivity contribution is 6.32. The summed E-state index contributed by atoms with van der Waals surface area (Å²) in [7, 11) is 0. The molecule has 1 aliphatic heterocycles. The molecular formula is C24H22ClF3N6O. The molecule has 0 fully saturated rings. The molecule has 2 N–H and O–H groups in total. The van der Waals surface area contributed by atoms with Gasteiger partial charge in [-0.05, 0) is 23.6 Å². The highest BCUT2D eigenvalue weighted by Crippen LogP contribution is 2.38. The van der Waals surface area contributed by atoms with Gasteiger partial charge < -0.3 is 15.1 Å². The number of anilines is 1. The molecule has 0 atom stereocenters. The first-order chi connectivity index (χ1) is 16.9. The number of oxime groups is 1. The van der Waals surface area contributed by atoms with Crippen molar-refractivity contribution in [3.05, 3.63) is 95.3 Å². The number of fused-ring (bicyclic) bond motifs is 2. The SMILES string of the molecule is ON=Cc1nnc2n1Cc1ccccc1N(Cl)/C2=C(\NC/C=C/CC(F)(F)F)C1=CC=CCC=C1. The third kappa shape index (κ3) is 5.65. The quantitative estimate of drug-likeness (QED) is 0.184. The largest absolute Gasteiger partial charge is 0.411 e. The monoisotopic (exact) mass is 502 g/mol. The normalized spacial score (nSPS) is 17.3. The van der Waals surface area contributed by atoms with Gasteiger partial charge in [-0.1, -0.05) is 65.9 Å². The molecule has 0 spiro atoms. The molecule has 2 aliphatic rings. The van der Waals surface area contributed by atoms with Crippen LogP contribution in [-0.4, -0.2) is 38.9 Å². The fourth-order valence-electron chi connectivity index (χ4n) is 3.75. The van der Waals surface area contributed by atoms with Gasteiger partial charge in [0.1, 0.15) is 11.9 Å². The number of para-hydroxylation sites is 1. The van der Waals surface area contributed by atoms with Gasteiger partial charge in [0.25, 0.3) is 0 Å². The topological polar surface area (TPSA) is 78.6 Å². The van der Waals surface area contributed by atoms with Crippen LogP contribution in [0.15, 0.2) is 83.2 Å². The number of allylic oxidation sites excluding steroid dienone is 6. The zero-order chi connectivity index (χ0) is 24.8. The van der Waals surface area contributed by atoms with Crippen LogP contribution < -0.4 is 9.74 Å². The van der Waals surface area contributed by atoms with Crippen LogP contribution in [0.1, 0.15) is 30.1 Å². The van der Waals surface area contributed by atoms with E-state index in [1.807, 2.05) is 54.6 Å². The van der Waals surface area contributed by atoms with E-state index >= 15 is 0 Å². The Morgan fingerprint density at radius 2 is 2.03 bits per heavy atom. The van der Waals surface area contributed by atoms with Gasteiger partial charge in [-0.15, -0.1) is 10.2 Å². The number of benzene rings is 1. The van der Waals surface area contributed by atoms with E-state index in [2.05, 4.69) is 20.7 Å². The second-order valence-corrected chi connectivity index (χ2v) is 8.04. The third-order valence-electron chi connectivity index (χ3n) is 5.31. The van der Waals surface area contributed by atoms with Crippen molar-refractivity contribution in [2.45, 2.75) is 25.6 Å². The number of hydrogen-bond donors (Lipinski definition) is 2. The Morgan fingerprint density at radius 1 is 1.20 bits per heavy atom. The van der Waals surface area contributed by atoms with Crippen LogP contribution >= 0.6 is 11.8 Å². The lowest BCUT2D eigenvalue weighted by Crippen LogP contribution is -2.23. The Balaban J connectivity index is 1.87. The Morgan fingerprint density at radius 3 is 2.83 bits per heavy atom. The second kappa shape index (κ2) is 10.6. The van der Waals surface area contributed by atoms with Crippen LogP contribution in [0, 0.1) is 0 Å².